The first kappa shape index (κ1) is 11.7. The van der Waals surface area contributed by atoms with Gasteiger partial charge in [-0.05, 0) is 54.5 Å². The van der Waals surface area contributed by atoms with Crippen molar-refractivity contribution in [3.63, 3.8) is 0 Å². The minimum absolute atomic E-state index is 0.974. The molecule has 0 fully saturated rings. The Labute approximate surface area is 119 Å². The first-order chi connectivity index (χ1) is 9.65. The molecule has 98 valence electrons. The SMILES string of the molecule is Cc1ccc2c3c(ncc2c1)Cc1c-3ccc(C)c1C. The van der Waals surface area contributed by atoms with Crippen molar-refractivity contribution < 1.29 is 0 Å². The zero-order valence-electron chi connectivity index (χ0n) is 12.1. The Morgan fingerprint density at radius 3 is 2.70 bits per heavy atom. The highest BCUT2D eigenvalue weighted by Gasteiger charge is 2.23. The van der Waals surface area contributed by atoms with Crippen LogP contribution in [0, 0.1) is 20.8 Å². The molecule has 0 spiro atoms. The predicted molar refractivity (Wildman–Crippen MR) is 84.2 cm³/mol. The van der Waals surface area contributed by atoms with Gasteiger partial charge in [0.1, 0.15) is 0 Å². The molecule has 1 aliphatic rings. The lowest BCUT2D eigenvalue weighted by atomic mass is 9.96. The van der Waals surface area contributed by atoms with Gasteiger partial charge in [0.25, 0.3) is 0 Å². The van der Waals surface area contributed by atoms with Crippen LogP contribution in [0.15, 0.2) is 36.5 Å². The molecule has 1 heteroatoms. The highest BCUT2D eigenvalue weighted by Crippen LogP contribution is 2.42. The average molecular weight is 259 g/mol. The first-order valence-corrected chi connectivity index (χ1v) is 7.13. The van der Waals surface area contributed by atoms with Gasteiger partial charge in [-0.15, -0.1) is 0 Å². The molecule has 0 unspecified atom stereocenters. The molecule has 20 heavy (non-hydrogen) atoms. The summed E-state index contributed by atoms with van der Waals surface area (Å²) in [5, 5.41) is 2.58. The summed E-state index contributed by atoms with van der Waals surface area (Å²) in [6.07, 6.45) is 3.00. The van der Waals surface area contributed by atoms with E-state index in [0.717, 1.165) is 6.42 Å². The van der Waals surface area contributed by atoms with Gasteiger partial charge in [0.2, 0.25) is 0 Å². The molecule has 0 saturated carbocycles. The summed E-state index contributed by atoms with van der Waals surface area (Å²) < 4.78 is 0. The Morgan fingerprint density at radius 2 is 1.85 bits per heavy atom. The quantitative estimate of drug-likeness (QED) is 0.445. The molecule has 1 heterocycles. The Morgan fingerprint density at radius 1 is 1.00 bits per heavy atom. The number of aryl methyl sites for hydroxylation is 2. The second-order valence-corrected chi connectivity index (χ2v) is 5.88. The van der Waals surface area contributed by atoms with Gasteiger partial charge in [-0.3, -0.25) is 4.98 Å². The van der Waals surface area contributed by atoms with Crippen LogP contribution in [0.3, 0.4) is 0 Å². The van der Waals surface area contributed by atoms with Crippen LogP contribution in [0.25, 0.3) is 21.9 Å². The molecule has 1 aromatic heterocycles. The molecule has 4 rings (SSSR count). The maximum atomic E-state index is 4.71. The van der Waals surface area contributed by atoms with Crippen LogP contribution in [0.1, 0.15) is 27.9 Å². The van der Waals surface area contributed by atoms with E-state index in [4.69, 9.17) is 4.98 Å². The molecule has 0 N–H and O–H groups in total. The number of benzene rings is 2. The van der Waals surface area contributed by atoms with Crippen LogP contribution >= 0.6 is 0 Å². The van der Waals surface area contributed by atoms with Crippen molar-refractivity contribution in [1.82, 2.24) is 4.98 Å². The second kappa shape index (κ2) is 3.92. The average Bonchev–Trinajstić information content (AvgIpc) is 2.82. The van der Waals surface area contributed by atoms with Crippen molar-refractivity contribution >= 4 is 10.8 Å². The number of rotatable bonds is 0. The molecule has 1 aliphatic carbocycles. The van der Waals surface area contributed by atoms with E-state index in [9.17, 15) is 0 Å². The lowest BCUT2D eigenvalue weighted by Crippen LogP contribution is -1.90. The van der Waals surface area contributed by atoms with E-state index in [1.54, 1.807) is 0 Å². The van der Waals surface area contributed by atoms with Crippen LogP contribution in [0.4, 0.5) is 0 Å². The third kappa shape index (κ3) is 1.46. The van der Waals surface area contributed by atoms with Gasteiger partial charge in [-0.2, -0.15) is 0 Å². The van der Waals surface area contributed by atoms with E-state index in [-0.39, 0.29) is 0 Å². The van der Waals surface area contributed by atoms with Crippen LogP contribution in [-0.4, -0.2) is 4.98 Å². The van der Waals surface area contributed by atoms with Gasteiger partial charge in [-0.1, -0.05) is 29.8 Å². The molecule has 0 saturated heterocycles. The molecular formula is C19H17N. The summed E-state index contributed by atoms with van der Waals surface area (Å²) in [4.78, 5) is 4.71. The zero-order chi connectivity index (χ0) is 13.9. The third-order valence-corrected chi connectivity index (χ3v) is 4.61. The van der Waals surface area contributed by atoms with Crippen molar-refractivity contribution in [1.29, 1.82) is 0 Å². The van der Waals surface area contributed by atoms with Gasteiger partial charge >= 0.3 is 0 Å². The summed E-state index contributed by atoms with van der Waals surface area (Å²) in [5.41, 5.74) is 9.49. The fourth-order valence-corrected chi connectivity index (χ4v) is 3.32. The number of hydrogen-bond acceptors (Lipinski definition) is 1. The third-order valence-electron chi connectivity index (χ3n) is 4.61. The fraction of sp³-hybridized carbons (Fsp3) is 0.211. The van der Waals surface area contributed by atoms with E-state index in [1.165, 1.54) is 49.8 Å². The van der Waals surface area contributed by atoms with Gasteiger partial charge < -0.3 is 0 Å². The molecule has 0 radical (unpaired) electrons. The highest BCUT2D eigenvalue weighted by molar-refractivity contribution is 6.00. The summed E-state index contributed by atoms with van der Waals surface area (Å²) in [6.45, 7) is 6.55. The van der Waals surface area contributed by atoms with Crippen LogP contribution < -0.4 is 0 Å². The van der Waals surface area contributed by atoms with Crippen LogP contribution in [-0.2, 0) is 6.42 Å². The molecule has 0 aliphatic heterocycles. The maximum Gasteiger partial charge on any atom is 0.0532 e. The minimum Gasteiger partial charge on any atom is -0.260 e. The normalized spacial score (nSPS) is 12.6. The Balaban J connectivity index is 2.10. The standard InChI is InChI=1S/C19H17N/c1-11-4-6-15-14(8-11)10-20-18-9-17-13(3)12(2)5-7-16(17)19(15)18/h4-8,10H,9H2,1-3H3. The van der Waals surface area contributed by atoms with E-state index in [0.29, 0.717) is 0 Å². The predicted octanol–water partition coefficient (Wildman–Crippen LogP) is 4.73. The second-order valence-electron chi connectivity index (χ2n) is 5.88. The lowest BCUT2D eigenvalue weighted by molar-refractivity contribution is 1.11. The van der Waals surface area contributed by atoms with E-state index in [1.807, 2.05) is 6.20 Å². The van der Waals surface area contributed by atoms with Crippen molar-refractivity contribution in [2.75, 3.05) is 0 Å². The zero-order valence-corrected chi connectivity index (χ0v) is 12.1. The lowest BCUT2D eigenvalue weighted by Gasteiger charge is -2.09. The summed E-state index contributed by atoms with van der Waals surface area (Å²) in [5.74, 6) is 0. The van der Waals surface area contributed by atoms with Crippen molar-refractivity contribution in [3.05, 3.63) is 64.5 Å². The Bertz CT molecular complexity index is 859. The fourth-order valence-electron chi connectivity index (χ4n) is 3.32. The molecule has 0 atom stereocenters. The van der Waals surface area contributed by atoms with Gasteiger partial charge in [0.05, 0.1) is 5.69 Å². The van der Waals surface area contributed by atoms with Crippen LogP contribution in [0.2, 0.25) is 0 Å². The first-order valence-electron chi connectivity index (χ1n) is 7.13. The largest absolute Gasteiger partial charge is 0.260 e. The number of fused-ring (bicyclic) bond motifs is 5. The maximum absolute atomic E-state index is 4.71. The summed E-state index contributed by atoms with van der Waals surface area (Å²) >= 11 is 0. The van der Waals surface area contributed by atoms with Gasteiger partial charge in [-0.25, -0.2) is 0 Å². The number of pyridine rings is 1. The van der Waals surface area contributed by atoms with E-state index >= 15 is 0 Å². The molecule has 1 nitrogen and oxygen atoms in total. The molecule has 0 bridgehead atoms. The number of aromatic nitrogens is 1. The molecular weight excluding hydrogens is 242 g/mol. The van der Waals surface area contributed by atoms with E-state index in [2.05, 4.69) is 51.1 Å². The number of hydrogen-bond donors (Lipinski definition) is 0. The number of nitrogens with zero attached hydrogens (tertiary/aromatic N) is 1. The Kier molecular flexibility index (Phi) is 2.29. The molecule has 0 amide bonds. The Hall–Kier alpha value is -2.15. The van der Waals surface area contributed by atoms with Crippen LogP contribution in [0.5, 0.6) is 0 Å². The van der Waals surface area contributed by atoms with Gasteiger partial charge in [0.15, 0.2) is 0 Å². The molecule has 2 aromatic carbocycles. The summed E-state index contributed by atoms with van der Waals surface area (Å²) in [6, 6.07) is 11.2. The van der Waals surface area contributed by atoms with Crippen molar-refractivity contribution in [2.24, 2.45) is 0 Å². The summed E-state index contributed by atoms with van der Waals surface area (Å²) in [7, 11) is 0. The smallest absolute Gasteiger partial charge is 0.0532 e. The van der Waals surface area contributed by atoms with Crippen molar-refractivity contribution in [2.45, 2.75) is 27.2 Å². The molecule has 3 aromatic rings. The highest BCUT2D eigenvalue weighted by atomic mass is 14.7. The monoisotopic (exact) mass is 259 g/mol. The van der Waals surface area contributed by atoms with Crippen molar-refractivity contribution in [3.8, 4) is 11.1 Å². The topological polar surface area (TPSA) is 12.9 Å². The van der Waals surface area contributed by atoms with E-state index < -0.39 is 0 Å². The minimum atomic E-state index is 0.974. The van der Waals surface area contributed by atoms with Gasteiger partial charge in [0, 0.05) is 23.6 Å².